The lowest BCUT2D eigenvalue weighted by atomic mass is 10.1. The minimum Gasteiger partial charge on any atom is -0.476 e. The summed E-state index contributed by atoms with van der Waals surface area (Å²) in [7, 11) is 0. The van der Waals surface area contributed by atoms with Crippen LogP contribution in [0.25, 0.3) is 0 Å². The maximum absolute atomic E-state index is 11.1. The van der Waals surface area contributed by atoms with Crippen LogP contribution in [0.5, 0.6) is 0 Å². The van der Waals surface area contributed by atoms with Crippen LogP contribution in [0, 0.1) is 0 Å². The van der Waals surface area contributed by atoms with E-state index >= 15 is 0 Å². The van der Waals surface area contributed by atoms with E-state index in [1.54, 1.807) is 6.92 Å². The van der Waals surface area contributed by atoms with Gasteiger partial charge in [-0.25, -0.2) is 9.78 Å². The number of aromatic nitrogens is 1. The Bertz CT molecular complexity index is 432. The van der Waals surface area contributed by atoms with E-state index in [4.69, 9.17) is 5.11 Å². The number of rotatable bonds is 6. The third-order valence-corrected chi connectivity index (χ3v) is 3.01. The summed E-state index contributed by atoms with van der Waals surface area (Å²) in [5.41, 5.74) is 0.925. The number of carbonyl (C=O) groups is 2. The lowest BCUT2D eigenvalue weighted by molar-refractivity contribution is -0.147. The van der Waals surface area contributed by atoms with Crippen molar-refractivity contribution in [3.8, 4) is 0 Å². The first-order valence-electron chi connectivity index (χ1n) is 5.15. The molecule has 0 amide bonds. The van der Waals surface area contributed by atoms with Crippen LogP contribution in [0.3, 0.4) is 0 Å². The van der Waals surface area contributed by atoms with Gasteiger partial charge < -0.3 is 20.1 Å². The van der Waals surface area contributed by atoms with Gasteiger partial charge in [-0.1, -0.05) is 0 Å². The van der Waals surface area contributed by atoms with Crippen LogP contribution in [-0.2, 0) is 9.53 Å². The predicted octanol–water partition coefficient (Wildman–Crippen LogP) is 0.189. The molecule has 0 saturated carbocycles. The molecule has 1 aromatic rings. The number of aliphatic hydroxyl groups excluding tert-OH is 2. The Morgan fingerprint density at radius 3 is 2.72 bits per heavy atom. The molecule has 7 nitrogen and oxygen atoms in total. The first-order valence-corrected chi connectivity index (χ1v) is 6.03. The summed E-state index contributed by atoms with van der Waals surface area (Å²) in [6.07, 6.45) is -3.32. The third kappa shape index (κ3) is 3.49. The van der Waals surface area contributed by atoms with Crippen molar-refractivity contribution in [2.24, 2.45) is 0 Å². The van der Waals surface area contributed by atoms with Crippen LogP contribution in [-0.4, -0.2) is 45.0 Å². The van der Waals surface area contributed by atoms with Gasteiger partial charge in [-0.15, -0.1) is 11.3 Å². The molecule has 8 heteroatoms. The van der Waals surface area contributed by atoms with E-state index in [1.807, 2.05) is 0 Å². The number of ether oxygens (including phenoxy) is 1. The van der Waals surface area contributed by atoms with Crippen LogP contribution in [0.15, 0.2) is 5.51 Å². The summed E-state index contributed by atoms with van der Waals surface area (Å²) in [6, 6.07) is 0. The maximum Gasteiger partial charge on any atom is 0.355 e. The predicted molar refractivity (Wildman–Crippen MR) is 61.3 cm³/mol. The Morgan fingerprint density at radius 2 is 2.17 bits per heavy atom. The van der Waals surface area contributed by atoms with E-state index in [2.05, 4.69) is 9.72 Å². The highest BCUT2D eigenvalue weighted by Crippen LogP contribution is 2.26. The molecule has 0 saturated heterocycles. The second-order valence-corrected chi connectivity index (χ2v) is 4.28. The van der Waals surface area contributed by atoms with E-state index in [0.29, 0.717) is 0 Å². The summed E-state index contributed by atoms with van der Waals surface area (Å²) >= 11 is 0.901. The Labute approximate surface area is 107 Å². The van der Waals surface area contributed by atoms with E-state index in [0.717, 1.165) is 11.3 Å². The van der Waals surface area contributed by atoms with Crippen LogP contribution in [0.2, 0.25) is 0 Å². The number of aliphatic hydroxyl groups is 2. The van der Waals surface area contributed by atoms with Crippen molar-refractivity contribution in [2.45, 2.75) is 25.6 Å². The zero-order chi connectivity index (χ0) is 13.7. The summed E-state index contributed by atoms with van der Waals surface area (Å²) in [6.45, 7) is 1.79. The van der Waals surface area contributed by atoms with Gasteiger partial charge in [-0.2, -0.15) is 0 Å². The first-order chi connectivity index (χ1) is 8.47. The zero-order valence-electron chi connectivity index (χ0n) is 9.57. The molecule has 2 atom stereocenters. The van der Waals surface area contributed by atoms with Crippen molar-refractivity contribution in [1.29, 1.82) is 0 Å². The van der Waals surface area contributed by atoms with Gasteiger partial charge in [0, 0.05) is 0 Å². The van der Waals surface area contributed by atoms with E-state index < -0.39 is 30.6 Å². The molecule has 0 aromatic carbocycles. The Kier molecular flexibility index (Phi) is 5.20. The molecule has 0 fully saturated rings. The normalized spacial score (nSPS) is 13.9. The van der Waals surface area contributed by atoms with Crippen LogP contribution >= 0.6 is 11.3 Å². The average molecular weight is 275 g/mol. The largest absolute Gasteiger partial charge is 0.476 e. The quantitative estimate of drug-likeness (QED) is 0.634. The van der Waals surface area contributed by atoms with Crippen LogP contribution < -0.4 is 0 Å². The molecule has 2 unspecified atom stereocenters. The van der Waals surface area contributed by atoms with Crippen LogP contribution in [0.1, 0.15) is 34.8 Å². The number of carbonyl (C=O) groups excluding carboxylic acids is 1. The number of hydrogen-bond acceptors (Lipinski definition) is 7. The van der Waals surface area contributed by atoms with Gasteiger partial charge in [0.1, 0.15) is 6.10 Å². The highest BCUT2D eigenvalue weighted by molar-refractivity contribution is 7.10. The van der Waals surface area contributed by atoms with Crippen molar-refractivity contribution in [3.63, 3.8) is 0 Å². The number of hydrogen-bond donors (Lipinski definition) is 3. The molecular weight excluding hydrogens is 262 g/mol. The molecule has 18 heavy (non-hydrogen) atoms. The van der Waals surface area contributed by atoms with Crippen LogP contribution in [0.4, 0.5) is 0 Å². The summed E-state index contributed by atoms with van der Waals surface area (Å²) in [4.78, 5) is 25.5. The first kappa shape index (κ1) is 14.6. The van der Waals surface area contributed by atoms with Gasteiger partial charge in [-0.3, -0.25) is 4.79 Å². The molecular formula is C10H13NO6S. The van der Waals surface area contributed by atoms with E-state index in [9.17, 15) is 19.8 Å². The highest BCUT2D eigenvalue weighted by Gasteiger charge is 2.28. The average Bonchev–Trinajstić information content (AvgIpc) is 2.76. The molecule has 1 aromatic heterocycles. The molecule has 0 aliphatic rings. The van der Waals surface area contributed by atoms with Crippen molar-refractivity contribution >= 4 is 23.3 Å². The molecule has 0 aliphatic heterocycles. The van der Waals surface area contributed by atoms with Gasteiger partial charge in [0.05, 0.1) is 29.5 Å². The van der Waals surface area contributed by atoms with Crippen molar-refractivity contribution in [3.05, 3.63) is 16.1 Å². The van der Waals surface area contributed by atoms with E-state index in [-0.39, 0.29) is 17.2 Å². The summed E-state index contributed by atoms with van der Waals surface area (Å²) in [5, 5.41) is 28.2. The van der Waals surface area contributed by atoms with Crippen molar-refractivity contribution < 1.29 is 29.6 Å². The van der Waals surface area contributed by atoms with Crippen molar-refractivity contribution in [1.82, 2.24) is 4.98 Å². The Hall–Kier alpha value is -1.51. The second kappa shape index (κ2) is 6.43. The van der Waals surface area contributed by atoms with Gasteiger partial charge >= 0.3 is 11.9 Å². The number of carboxylic acid groups (broad SMARTS) is 1. The summed E-state index contributed by atoms with van der Waals surface area (Å²) < 4.78 is 4.62. The van der Waals surface area contributed by atoms with Gasteiger partial charge in [0.25, 0.3) is 0 Å². The Morgan fingerprint density at radius 1 is 1.50 bits per heavy atom. The van der Waals surface area contributed by atoms with Gasteiger partial charge in [0.15, 0.2) is 5.69 Å². The molecule has 0 aliphatic carbocycles. The molecule has 0 bridgehead atoms. The molecule has 1 rings (SSSR count). The lowest BCUT2D eigenvalue weighted by Gasteiger charge is -2.15. The molecule has 3 N–H and O–H groups in total. The number of thiazole rings is 1. The minimum absolute atomic E-state index is 0.0132. The molecule has 0 radical (unpaired) electrons. The fourth-order valence-corrected chi connectivity index (χ4v) is 2.12. The number of aromatic carboxylic acids is 1. The van der Waals surface area contributed by atoms with E-state index in [1.165, 1.54) is 5.51 Å². The summed E-state index contributed by atoms with van der Waals surface area (Å²) in [5.74, 6) is -1.96. The smallest absolute Gasteiger partial charge is 0.355 e. The molecule has 1 heterocycles. The minimum atomic E-state index is -1.48. The molecule has 0 spiro atoms. The SMILES string of the molecule is CCOC(=O)CC(O)C(O)c1scnc1C(=O)O. The fraction of sp³-hybridized carbons (Fsp3) is 0.500. The number of esters is 1. The fourth-order valence-electron chi connectivity index (χ4n) is 1.30. The lowest BCUT2D eigenvalue weighted by Crippen LogP contribution is -2.23. The highest BCUT2D eigenvalue weighted by atomic mass is 32.1. The Balaban J connectivity index is 2.74. The molecule has 100 valence electrons. The number of carboxylic acids is 1. The standard InChI is InChI=1S/C10H13NO6S/c1-2-17-6(13)3-5(12)8(14)9-7(10(15)16)11-4-18-9/h4-5,8,12,14H,2-3H2,1H3,(H,15,16). The van der Waals surface area contributed by atoms with Gasteiger partial charge in [-0.05, 0) is 6.92 Å². The zero-order valence-corrected chi connectivity index (χ0v) is 10.4. The number of nitrogens with zero attached hydrogens (tertiary/aromatic N) is 1. The third-order valence-electron chi connectivity index (χ3n) is 2.11. The maximum atomic E-state index is 11.1. The van der Waals surface area contributed by atoms with Crippen molar-refractivity contribution in [2.75, 3.05) is 6.61 Å². The second-order valence-electron chi connectivity index (χ2n) is 3.39. The topological polar surface area (TPSA) is 117 Å². The monoisotopic (exact) mass is 275 g/mol. The van der Waals surface area contributed by atoms with Gasteiger partial charge in [0.2, 0.25) is 0 Å².